The van der Waals surface area contributed by atoms with Gasteiger partial charge >= 0.3 is 6.03 Å². The van der Waals surface area contributed by atoms with E-state index >= 15 is 0 Å². The van der Waals surface area contributed by atoms with Crippen molar-refractivity contribution in [2.45, 2.75) is 50.6 Å². The van der Waals surface area contributed by atoms with E-state index in [9.17, 15) is 4.79 Å². The van der Waals surface area contributed by atoms with Crippen LogP contribution in [0.15, 0.2) is 54.1 Å². The van der Waals surface area contributed by atoms with Crippen molar-refractivity contribution in [2.24, 2.45) is 11.8 Å². The quantitative estimate of drug-likeness (QED) is 0.661. The van der Waals surface area contributed by atoms with Gasteiger partial charge in [-0.2, -0.15) is 0 Å². The van der Waals surface area contributed by atoms with Crippen LogP contribution in [0.1, 0.15) is 38.5 Å². The monoisotopic (exact) mass is 401 g/mol. The highest BCUT2D eigenvalue weighted by Gasteiger charge is 2.46. The second kappa shape index (κ2) is 7.42. The fraction of sp³-hybridized carbons (Fsp3) is 0.500. The maximum Gasteiger partial charge on any atom is 0.322 e. The van der Waals surface area contributed by atoms with Crippen molar-refractivity contribution in [3.8, 4) is 0 Å². The number of hydrogen-bond acceptors (Lipinski definition) is 2. The first-order valence-electron chi connectivity index (χ1n) is 11.8. The van der Waals surface area contributed by atoms with Gasteiger partial charge in [-0.15, -0.1) is 0 Å². The maximum atomic E-state index is 13.5. The number of urea groups is 1. The Hall–Kier alpha value is -2.33. The molecule has 2 bridgehead atoms. The number of piperidine rings is 3. The number of nitrogens with one attached hydrogen (secondary N) is 1. The van der Waals surface area contributed by atoms with Gasteiger partial charge in [0.05, 0.1) is 11.7 Å². The Morgan fingerprint density at radius 1 is 1.00 bits per heavy atom. The lowest BCUT2D eigenvalue weighted by molar-refractivity contribution is 0.00909. The first-order chi connectivity index (χ1) is 14.8. The van der Waals surface area contributed by atoms with Crippen molar-refractivity contribution in [3.63, 3.8) is 0 Å². The van der Waals surface area contributed by atoms with Crippen molar-refractivity contribution in [1.29, 1.82) is 0 Å². The SMILES string of the molecule is O=C(Nc1cccc2ccccc12)N1CCCC2=C[C@@H]3C[C@H](CN4CCCC[C@H]34)[C@@H]21. The predicted octanol–water partition coefficient (Wildman–Crippen LogP) is 5.27. The topological polar surface area (TPSA) is 35.6 Å². The van der Waals surface area contributed by atoms with Crippen LogP contribution in [0.4, 0.5) is 10.5 Å². The van der Waals surface area contributed by atoms with E-state index in [2.05, 4.69) is 39.4 Å². The molecular formula is C26H31N3O. The molecule has 2 aromatic carbocycles. The van der Waals surface area contributed by atoms with Gasteiger partial charge in [0.25, 0.3) is 0 Å². The van der Waals surface area contributed by atoms with Gasteiger partial charge in [-0.3, -0.25) is 4.90 Å². The number of amides is 2. The van der Waals surface area contributed by atoms with E-state index in [0.717, 1.165) is 30.1 Å². The van der Waals surface area contributed by atoms with Crippen LogP contribution < -0.4 is 5.32 Å². The van der Waals surface area contributed by atoms with E-state index in [1.165, 1.54) is 50.6 Å². The summed E-state index contributed by atoms with van der Waals surface area (Å²) in [6.07, 6.45) is 10.2. The van der Waals surface area contributed by atoms with E-state index in [0.29, 0.717) is 11.8 Å². The molecule has 3 aliphatic heterocycles. The summed E-state index contributed by atoms with van der Waals surface area (Å²) in [5.74, 6) is 1.29. The summed E-state index contributed by atoms with van der Waals surface area (Å²) in [6, 6.07) is 15.5. The van der Waals surface area contributed by atoms with Crippen LogP contribution in [-0.4, -0.2) is 47.5 Å². The Labute approximate surface area is 178 Å². The molecule has 3 heterocycles. The average molecular weight is 402 g/mol. The number of carbonyl (C=O) groups excluding carboxylic acids is 1. The molecule has 4 atom stereocenters. The van der Waals surface area contributed by atoms with Gasteiger partial charge in [0.15, 0.2) is 0 Å². The second-order valence-corrected chi connectivity index (χ2v) is 9.66. The Balaban J connectivity index is 1.28. The van der Waals surface area contributed by atoms with Gasteiger partial charge in [-0.25, -0.2) is 4.79 Å². The number of carbonyl (C=O) groups is 1. The molecule has 3 saturated heterocycles. The lowest BCUT2D eigenvalue weighted by Gasteiger charge is -2.54. The number of benzene rings is 2. The molecule has 0 spiro atoms. The first kappa shape index (κ1) is 18.4. The molecule has 4 aliphatic rings. The van der Waals surface area contributed by atoms with Gasteiger partial charge in [0.1, 0.15) is 0 Å². The zero-order valence-corrected chi connectivity index (χ0v) is 17.6. The molecule has 1 N–H and O–H groups in total. The van der Waals surface area contributed by atoms with Gasteiger partial charge in [-0.1, -0.05) is 54.5 Å². The minimum absolute atomic E-state index is 0.0705. The molecule has 30 heavy (non-hydrogen) atoms. The minimum atomic E-state index is 0.0705. The van der Waals surface area contributed by atoms with Crippen LogP contribution in [0.2, 0.25) is 0 Å². The molecule has 6 rings (SSSR count). The standard InChI is InChI=1S/C26H31N3O/c30-26(27-23-11-5-8-18-7-1-2-10-22(18)23)29-14-6-9-19-15-20-16-21(25(19)29)17-28-13-4-3-12-24(20)28/h1-2,5,7-8,10-11,15,20-21,24-25H,3-4,6,9,12-14,16-17H2,(H,27,30)/t20-,21-,24-,25-/m1/s1. The molecule has 3 fully saturated rings. The van der Waals surface area contributed by atoms with E-state index in [4.69, 9.17) is 0 Å². The average Bonchev–Trinajstić information content (AvgIpc) is 2.79. The molecule has 156 valence electrons. The Kier molecular flexibility index (Phi) is 4.56. The predicted molar refractivity (Wildman–Crippen MR) is 122 cm³/mol. The van der Waals surface area contributed by atoms with E-state index in [-0.39, 0.29) is 12.1 Å². The minimum Gasteiger partial charge on any atom is -0.317 e. The summed E-state index contributed by atoms with van der Waals surface area (Å²) < 4.78 is 0. The third-order valence-corrected chi connectivity index (χ3v) is 7.95. The number of anilines is 1. The van der Waals surface area contributed by atoms with Gasteiger partial charge in [0.2, 0.25) is 0 Å². The van der Waals surface area contributed by atoms with E-state index < -0.39 is 0 Å². The zero-order chi connectivity index (χ0) is 20.1. The number of hydrogen-bond donors (Lipinski definition) is 1. The fourth-order valence-electron chi connectivity index (χ4n) is 6.72. The highest BCUT2D eigenvalue weighted by atomic mass is 16.2. The molecule has 4 heteroatoms. The van der Waals surface area contributed by atoms with Crippen molar-refractivity contribution in [1.82, 2.24) is 9.80 Å². The van der Waals surface area contributed by atoms with Crippen LogP contribution in [-0.2, 0) is 0 Å². The lowest BCUT2D eigenvalue weighted by Crippen LogP contribution is -2.60. The van der Waals surface area contributed by atoms with Crippen molar-refractivity contribution >= 4 is 22.5 Å². The van der Waals surface area contributed by atoms with Crippen LogP contribution in [0.5, 0.6) is 0 Å². The molecule has 2 amide bonds. The molecule has 0 radical (unpaired) electrons. The van der Waals surface area contributed by atoms with Crippen LogP contribution >= 0.6 is 0 Å². The summed E-state index contributed by atoms with van der Waals surface area (Å²) in [6.45, 7) is 3.28. The van der Waals surface area contributed by atoms with Crippen LogP contribution in [0.3, 0.4) is 0 Å². The van der Waals surface area contributed by atoms with Gasteiger partial charge in [-0.05, 0) is 61.9 Å². The maximum absolute atomic E-state index is 13.5. The molecule has 0 unspecified atom stereocenters. The number of rotatable bonds is 1. The van der Waals surface area contributed by atoms with Gasteiger partial charge < -0.3 is 10.2 Å². The largest absolute Gasteiger partial charge is 0.322 e. The Morgan fingerprint density at radius 2 is 1.90 bits per heavy atom. The molecule has 2 aromatic rings. The van der Waals surface area contributed by atoms with Crippen LogP contribution in [0, 0.1) is 11.8 Å². The van der Waals surface area contributed by atoms with Gasteiger partial charge in [0, 0.05) is 24.5 Å². The highest BCUT2D eigenvalue weighted by molar-refractivity contribution is 6.01. The van der Waals surface area contributed by atoms with Crippen LogP contribution in [0.25, 0.3) is 10.8 Å². The van der Waals surface area contributed by atoms with E-state index in [1.54, 1.807) is 5.57 Å². The zero-order valence-electron chi connectivity index (χ0n) is 17.6. The fourth-order valence-corrected chi connectivity index (χ4v) is 6.72. The molecule has 0 saturated carbocycles. The van der Waals surface area contributed by atoms with Crippen molar-refractivity contribution in [3.05, 3.63) is 54.1 Å². The third-order valence-electron chi connectivity index (χ3n) is 7.95. The summed E-state index contributed by atoms with van der Waals surface area (Å²) in [5.41, 5.74) is 2.46. The summed E-state index contributed by atoms with van der Waals surface area (Å²) >= 11 is 0. The summed E-state index contributed by atoms with van der Waals surface area (Å²) in [5, 5.41) is 5.54. The molecular weight excluding hydrogens is 370 g/mol. The molecule has 0 aromatic heterocycles. The summed E-state index contributed by atoms with van der Waals surface area (Å²) in [4.78, 5) is 18.4. The third kappa shape index (κ3) is 3.04. The Morgan fingerprint density at radius 3 is 2.87 bits per heavy atom. The Bertz CT molecular complexity index is 993. The summed E-state index contributed by atoms with van der Waals surface area (Å²) in [7, 11) is 0. The normalized spacial score (nSPS) is 30.9. The van der Waals surface area contributed by atoms with Crippen molar-refractivity contribution < 1.29 is 4.79 Å². The molecule has 1 aliphatic carbocycles. The second-order valence-electron chi connectivity index (χ2n) is 9.66. The number of fused-ring (bicyclic) bond motifs is 7. The molecule has 4 nitrogen and oxygen atoms in total. The number of likely N-dealkylation sites (tertiary alicyclic amines) is 1. The highest BCUT2D eigenvalue weighted by Crippen LogP contribution is 2.45. The lowest BCUT2D eigenvalue weighted by atomic mass is 9.68. The smallest absolute Gasteiger partial charge is 0.317 e. The van der Waals surface area contributed by atoms with Crippen molar-refractivity contribution in [2.75, 3.05) is 25.0 Å². The number of nitrogens with zero attached hydrogens (tertiary/aromatic N) is 2. The first-order valence-corrected chi connectivity index (χ1v) is 11.8. The van der Waals surface area contributed by atoms with E-state index in [1.807, 2.05) is 24.3 Å².